The van der Waals surface area contributed by atoms with Crippen molar-refractivity contribution in [3.63, 3.8) is 0 Å². The molecule has 0 aromatic heterocycles. The van der Waals surface area contributed by atoms with Crippen molar-refractivity contribution in [2.75, 3.05) is 0 Å². The second-order valence-corrected chi connectivity index (χ2v) is 5.93. The van der Waals surface area contributed by atoms with Crippen LogP contribution >= 0.6 is 11.6 Å². The fourth-order valence-corrected chi connectivity index (χ4v) is 2.62. The van der Waals surface area contributed by atoms with Gasteiger partial charge in [0.15, 0.2) is 11.5 Å². The van der Waals surface area contributed by atoms with E-state index in [-0.39, 0.29) is 5.60 Å². The molecule has 0 radical (unpaired) electrons. The average Bonchev–Trinajstić information content (AvgIpc) is 2.75. The highest BCUT2D eigenvalue weighted by Crippen LogP contribution is 2.43. The molecule has 2 aromatic rings. The molecule has 0 saturated carbocycles. The fraction of sp³-hybridized carbons (Fsp3) is 0.294. The normalized spacial score (nSPS) is 15.6. The number of alkyl halides is 1. The summed E-state index contributed by atoms with van der Waals surface area (Å²) < 4.78 is 11.9. The molecule has 0 saturated heterocycles. The molecule has 0 N–H and O–H groups in total. The predicted molar refractivity (Wildman–Crippen MR) is 80.9 cm³/mol. The summed E-state index contributed by atoms with van der Waals surface area (Å²) in [5.41, 5.74) is 2.11. The van der Waals surface area contributed by atoms with Crippen LogP contribution in [-0.2, 0) is 12.3 Å². The lowest BCUT2D eigenvalue weighted by Gasteiger charge is -2.18. The van der Waals surface area contributed by atoms with E-state index in [9.17, 15) is 0 Å². The summed E-state index contributed by atoms with van der Waals surface area (Å²) in [5, 5.41) is 0. The summed E-state index contributed by atoms with van der Waals surface area (Å²) in [6, 6.07) is 13.8. The molecule has 0 spiro atoms. The predicted octanol–water partition coefficient (Wildman–Crippen LogP) is 4.93. The Hall–Kier alpha value is -1.67. The van der Waals surface area contributed by atoms with Crippen LogP contribution in [0.5, 0.6) is 17.2 Å². The molecule has 0 unspecified atom stereocenters. The lowest BCUT2D eigenvalue weighted by molar-refractivity contribution is 0.135. The molecule has 0 amide bonds. The Morgan fingerprint density at radius 1 is 1.15 bits per heavy atom. The Kier molecular flexibility index (Phi) is 3.35. The van der Waals surface area contributed by atoms with Crippen molar-refractivity contribution in [1.29, 1.82) is 0 Å². The molecule has 0 aliphatic carbocycles. The van der Waals surface area contributed by atoms with Crippen LogP contribution in [0.25, 0.3) is 0 Å². The maximum absolute atomic E-state index is 6.00. The lowest BCUT2D eigenvalue weighted by Crippen LogP contribution is -2.24. The lowest BCUT2D eigenvalue weighted by atomic mass is 10.0. The third kappa shape index (κ3) is 2.61. The molecule has 1 aliphatic rings. The summed E-state index contributed by atoms with van der Waals surface area (Å²) in [6.45, 7) is 4.18. The van der Waals surface area contributed by atoms with Crippen LogP contribution < -0.4 is 9.47 Å². The number of hydrogen-bond acceptors (Lipinski definition) is 2. The Balaban J connectivity index is 1.87. The van der Waals surface area contributed by atoms with E-state index in [1.165, 1.54) is 5.56 Å². The molecule has 3 rings (SSSR count). The molecule has 1 heterocycles. The summed E-state index contributed by atoms with van der Waals surface area (Å²) in [7, 11) is 0. The molecule has 104 valence electrons. The van der Waals surface area contributed by atoms with Crippen molar-refractivity contribution in [3.05, 3.63) is 53.6 Å². The molecule has 2 nitrogen and oxygen atoms in total. The summed E-state index contributed by atoms with van der Waals surface area (Å²) in [4.78, 5) is 0. The zero-order chi connectivity index (χ0) is 14.2. The van der Waals surface area contributed by atoms with Gasteiger partial charge in [0.1, 0.15) is 11.4 Å². The Labute approximate surface area is 124 Å². The maximum Gasteiger partial charge on any atom is 0.169 e. The van der Waals surface area contributed by atoms with E-state index in [1.54, 1.807) is 0 Å². The van der Waals surface area contributed by atoms with Gasteiger partial charge in [-0.3, -0.25) is 0 Å². The van der Waals surface area contributed by atoms with Gasteiger partial charge in [0, 0.05) is 17.9 Å². The van der Waals surface area contributed by atoms with E-state index in [1.807, 2.05) is 36.4 Å². The van der Waals surface area contributed by atoms with E-state index in [0.29, 0.717) is 5.88 Å². The highest BCUT2D eigenvalue weighted by Gasteiger charge is 2.32. The van der Waals surface area contributed by atoms with Crippen molar-refractivity contribution in [3.8, 4) is 17.2 Å². The van der Waals surface area contributed by atoms with Gasteiger partial charge in [0.2, 0.25) is 0 Å². The van der Waals surface area contributed by atoms with Gasteiger partial charge in [0.05, 0.1) is 0 Å². The number of benzene rings is 2. The number of rotatable bonds is 3. The summed E-state index contributed by atoms with van der Waals surface area (Å²) in [6.07, 6.45) is 0.907. The third-order valence-corrected chi connectivity index (χ3v) is 3.67. The average molecular weight is 289 g/mol. The molecule has 3 heteroatoms. The van der Waals surface area contributed by atoms with E-state index in [2.05, 4.69) is 19.9 Å². The monoisotopic (exact) mass is 288 g/mol. The van der Waals surface area contributed by atoms with E-state index in [0.717, 1.165) is 29.2 Å². The van der Waals surface area contributed by atoms with Gasteiger partial charge < -0.3 is 9.47 Å². The Morgan fingerprint density at radius 2 is 1.90 bits per heavy atom. The summed E-state index contributed by atoms with van der Waals surface area (Å²) >= 11 is 5.79. The van der Waals surface area contributed by atoms with Crippen LogP contribution in [0.2, 0.25) is 0 Å². The van der Waals surface area contributed by atoms with Crippen LogP contribution in [-0.4, -0.2) is 5.60 Å². The SMILES string of the molecule is CC1(C)Cc2cccc(Oc3ccc(CCl)cc3)c2O1. The molecule has 0 atom stereocenters. The molecule has 20 heavy (non-hydrogen) atoms. The van der Waals surface area contributed by atoms with E-state index in [4.69, 9.17) is 21.1 Å². The minimum atomic E-state index is -0.162. The van der Waals surface area contributed by atoms with Gasteiger partial charge >= 0.3 is 0 Å². The van der Waals surface area contributed by atoms with Gasteiger partial charge in [-0.15, -0.1) is 11.6 Å². The first-order valence-electron chi connectivity index (χ1n) is 6.71. The number of para-hydroxylation sites is 1. The van der Waals surface area contributed by atoms with Crippen LogP contribution in [0.4, 0.5) is 0 Å². The second-order valence-electron chi connectivity index (χ2n) is 5.66. The zero-order valence-corrected chi connectivity index (χ0v) is 12.4. The minimum absolute atomic E-state index is 0.162. The standard InChI is InChI=1S/C17H17ClO2/c1-17(2)10-13-4-3-5-15(16(13)20-17)19-14-8-6-12(11-18)7-9-14/h3-9H,10-11H2,1-2H3. The van der Waals surface area contributed by atoms with Crippen LogP contribution in [0.15, 0.2) is 42.5 Å². The maximum atomic E-state index is 6.00. The first-order valence-corrected chi connectivity index (χ1v) is 7.24. The van der Waals surface area contributed by atoms with Gasteiger partial charge in [-0.2, -0.15) is 0 Å². The quantitative estimate of drug-likeness (QED) is 0.746. The highest BCUT2D eigenvalue weighted by atomic mass is 35.5. The minimum Gasteiger partial charge on any atom is -0.483 e. The van der Waals surface area contributed by atoms with Crippen molar-refractivity contribution in [1.82, 2.24) is 0 Å². The first kappa shape index (κ1) is 13.3. The van der Waals surface area contributed by atoms with Crippen LogP contribution in [0.3, 0.4) is 0 Å². The van der Waals surface area contributed by atoms with Crippen molar-refractivity contribution in [2.45, 2.75) is 31.7 Å². The van der Waals surface area contributed by atoms with Gasteiger partial charge in [-0.1, -0.05) is 24.3 Å². The number of fused-ring (bicyclic) bond motifs is 1. The molecule has 0 bridgehead atoms. The topological polar surface area (TPSA) is 18.5 Å². The summed E-state index contributed by atoms with van der Waals surface area (Å²) in [5.74, 6) is 2.93. The molecular weight excluding hydrogens is 272 g/mol. The zero-order valence-electron chi connectivity index (χ0n) is 11.7. The largest absolute Gasteiger partial charge is 0.483 e. The number of hydrogen-bond donors (Lipinski definition) is 0. The Morgan fingerprint density at radius 3 is 2.60 bits per heavy atom. The van der Waals surface area contributed by atoms with Gasteiger partial charge in [0.25, 0.3) is 0 Å². The van der Waals surface area contributed by atoms with Gasteiger partial charge in [-0.25, -0.2) is 0 Å². The fourth-order valence-electron chi connectivity index (χ4n) is 2.44. The van der Waals surface area contributed by atoms with Crippen molar-refractivity contribution < 1.29 is 9.47 Å². The van der Waals surface area contributed by atoms with E-state index < -0.39 is 0 Å². The van der Waals surface area contributed by atoms with Gasteiger partial charge in [-0.05, 0) is 37.6 Å². The smallest absolute Gasteiger partial charge is 0.169 e. The van der Waals surface area contributed by atoms with Crippen molar-refractivity contribution >= 4 is 11.6 Å². The van der Waals surface area contributed by atoms with Crippen LogP contribution in [0, 0.1) is 0 Å². The Bertz CT molecular complexity index is 617. The molecular formula is C17H17ClO2. The number of halogens is 1. The number of ether oxygens (including phenoxy) is 2. The van der Waals surface area contributed by atoms with Crippen LogP contribution in [0.1, 0.15) is 25.0 Å². The second kappa shape index (κ2) is 5.02. The molecule has 2 aromatic carbocycles. The van der Waals surface area contributed by atoms with E-state index >= 15 is 0 Å². The third-order valence-electron chi connectivity index (χ3n) is 3.36. The first-order chi connectivity index (χ1) is 9.57. The molecule has 1 aliphatic heterocycles. The van der Waals surface area contributed by atoms with Crippen molar-refractivity contribution in [2.24, 2.45) is 0 Å². The highest BCUT2D eigenvalue weighted by molar-refractivity contribution is 6.17. The molecule has 0 fully saturated rings.